The Morgan fingerprint density at radius 3 is 0.833 bits per heavy atom. The molecular weight excluding hydrogens is 255 g/mol. The fourth-order valence-corrected chi connectivity index (χ4v) is 0. The van der Waals surface area contributed by atoms with Crippen molar-refractivity contribution in [2.75, 3.05) is 0 Å². The van der Waals surface area contributed by atoms with Crippen molar-refractivity contribution in [1.29, 1.82) is 0 Å². The summed E-state index contributed by atoms with van der Waals surface area (Å²) >= 11 is 19.3. The van der Waals surface area contributed by atoms with Crippen LogP contribution in [0.15, 0.2) is 0 Å². The Hall–Kier alpha value is 1.78. The summed E-state index contributed by atoms with van der Waals surface area (Å²) in [6.45, 7) is 0. The molecule has 0 spiro atoms. The van der Waals surface area contributed by atoms with Gasteiger partial charge in [0.25, 0.3) is 3.25 Å². The van der Waals surface area contributed by atoms with Gasteiger partial charge in [-0.1, -0.05) is 46.4 Å². The minimum atomic E-state index is -1.61. The third-order valence-corrected chi connectivity index (χ3v) is 0. The van der Waals surface area contributed by atoms with E-state index < -0.39 is 3.25 Å². The molecule has 0 radical (unpaired) electrons. The van der Waals surface area contributed by atoms with Gasteiger partial charge in [0, 0.05) is 19.5 Å². The van der Waals surface area contributed by atoms with E-state index >= 15 is 0 Å². The molecule has 0 heterocycles. The fraction of sp³-hybridized carbons (Fsp3) is 1.00. The Labute approximate surface area is 68.8 Å². The van der Waals surface area contributed by atoms with Gasteiger partial charge in [0.2, 0.25) is 0 Å². The summed E-state index contributed by atoms with van der Waals surface area (Å²) in [5.74, 6) is 0. The van der Waals surface area contributed by atoms with Crippen molar-refractivity contribution in [2.24, 2.45) is 0 Å². The zero-order valence-electron chi connectivity index (χ0n) is 2.37. The summed E-state index contributed by atoms with van der Waals surface area (Å²) in [6, 6.07) is 0. The van der Waals surface area contributed by atoms with Gasteiger partial charge in [-0.25, -0.2) is 0 Å². The molecule has 0 aliphatic carbocycles. The van der Waals surface area contributed by atoms with E-state index in [0.717, 1.165) is 0 Å². The standard InChI is InChI=1S/CCl4.Ru/c2-1(3,4)5;. The van der Waals surface area contributed by atoms with Gasteiger partial charge in [-0.3, -0.25) is 0 Å². The monoisotopic (exact) mass is 254 g/mol. The van der Waals surface area contributed by atoms with Crippen LogP contribution < -0.4 is 0 Å². The van der Waals surface area contributed by atoms with Crippen molar-refractivity contribution in [3.63, 3.8) is 0 Å². The van der Waals surface area contributed by atoms with Crippen LogP contribution in [0.2, 0.25) is 0 Å². The molecule has 0 amide bonds. The number of hydrogen-bond donors (Lipinski definition) is 0. The van der Waals surface area contributed by atoms with Crippen LogP contribution in [0, 0.1) is 0 Å². The molecule has 0 unspecified atom stereocenters. The van der Waals surface area contributed by atoms with Gasteiger partial charge in [-0.15, -0.1) is 0 Å². The van der Waals surface area contributed by atoms with Crippen LogP contribution >= 0.6 is 46.4 Å². The van der Waals surface area contributed by atoms with E-state index in [0.29, 0.717) is 0 Å². The topological polar surface area (TPSA) is 0 Å². The number of alkyl halides is 4. The van der Waals surface area contributed by atoms with E-state index in [4.69, 9.17) is 46.4 Å². The predicted molar refractivity (Wildman–Crippen MR) is 26.1 cm³/mol. The molecule has 0 aliphatic heterocycles. The zero-order chi connectivity index (χ0) is 4.50. The first-order chi connectivity index (χ1) is 2.00. The van der Waals surface area contributed by atoms with Gasteiger partial charge < -0.3 is 0 Å². The molecule has 0 fully saturated rings. The second kappa shape index (κ2) is 3.75. The van der Waals surface area contributed by atoms with Crippen LogP contribution in [0.25, 0.3) is 0 Å². The largest absolute Gasteiger partial charge is 0.266 e. The van der Waals surface area contributed by atoms with Crippen LogP contribution in [0.4, 0.5) is 0 Å². The third-order valence-electron chi connectivity index (χ3n) is 0. The van der Waals surface area contributed by atoms with Crippen molar-refractivity contribution in [2.45, 2.75) is 3.25 Å². The average Bonchev–Trinajstić information content (AvgIpc) is 0.722. The maximum atomic E-state index is 4.83. The normalized spacial score (nSPS) is 10.0. The predicted octanol–water partition coefficient (Wildman–Crippen LogP) is 2.55. The molecule has 0 saturated carbocycles. The number of halogens is 4. The smallest absolute Gasteiger partial charge is 0.0664 e. The van der Waals surface area contributed by atoms with E-state index in [9.17, 15) is 0 Å². The summed E-state index contributed by atoms with van der Waals surface area (Å²) in [6.07, 6.45) is 0. The molecule has 0 bridgehead atoms. The molecule has 0 aromatic carbocycles. The number of hydrogen-bond acceptors (Lipinski definition) is 0. The van der Waals surface area contributed by atoms with E-state index in [-0.39, 0.29) is 19.5 Å². The summed E-state index contributed by atoms with van der Waals surface area (Å²) in [5.41, 5.74) is 0. The SMILES string of the molecule is ClC(Cl)(Cl)Cl.[Ru]. The van der Waals surface area contributed by atoms with E-state index in [2.05, 4.69) is 0 Å². The summed E-state index contributed by atoms with van der Waals surface area (Å²) in [4.78, 5) is 0. The third kappa shape index (κ3) is 41.6. The second-order valence-corrected chi connectivity index (χ2v) is 3.86. The van der Waals surface area contributed by atoms with E-state index in [1.54, 1.807) is 0 Å². The van der Waals surface area contributed by atoms with Crippen molar-refractivity contribution in [3.8, 4) is 0 Å². The zero-order valence-corrected chi connectivity index (χ0v) is 7.13. The molecule has 5 heteroatoms. The van der Waals surface area contributed by atoms with Crippen LogP contribution in [0.1, 0.15) is 0 Å². The summed E-state index contributed by atoms with van der Waals surface area (Å²) in [5, 5.41) is 0. The minimum absolute atomic E-state index is 0. The molecule has 0 rings (SSSR count). The average molecular weight is 255 g/mol. The Balaban J connectivity index is 0. The van der Waals surface area contributed by atoms with Crippen LogP contribution in [0.3, 0.4) is 0 Å². The molecule has 0 saturated heterocycles. The molecule has 0 aromatic rings. The van der Waals surface area contributed by atoms with Gasteiger partial charge in [0.15, 0.2) is 0 Å². The molecule has 40 valence electrons. The molecule has 0 nitrogen and oxygen atoms in total. The summed E-state index contributed by atoms with van der Waals surface area (Å²) < 4.78 is -1.61. The molecule has 0 N–H and O–H groups in total. The van der Waals surface area contributed by atoms with Crippen molar-refractivity contribution >= 4 is 46.4 Å². The van der Waals surface area contributed by atoms with Gasteiger partial charge in [0.1, 0.15) is 0 Å². The van der Waals surface area contributed by atoms with Gasteiger partial charge in [-0.05, 0) is 0 Å². The van der Waals surface area contributed by atoms with Gasteiger partial charge in [-0.2, -0.15) is 0 Å². The van der Waals surface area contributed by atoms with Gasteiger partial charge >= 0.3 is 0 Å². The first kappa shape index (κ1) is 10.7. The van der Waals surface area contributed by atoms with E-state index in [1.165, 1.54) is 0 Å². The molecule has 0 aromatic heterocycles. The number of rotatable bonds is 0. The van der Waals surface area contributed by atoms with Crippen molar-refractivity contribution in [1.82, 2.24) is 0 Å². The quantitative estimate of drug-likeness (QED) is 0.461. The van der Waals surface area contributed by atoms with Crippen LogP contribution in [0.5, 0.6) is 0 Å². The maximum absolute atomic E-state index is 4.83. The molecular formula is CCl4Ru. The van der Waals surface area contributed by atoms with Crippen molar-refractivity contribution in [3.05, 3.63) is 0 Å². The van der Waals surface area contributed by atoms with E-state index in [1.807, 2.05) is 0 Å². The molecule has 0 aliphatic rings. The second-order valence-electron chi connectivity index (χ2n) is 0.429. The van der Waals surface area contributed by atoms with Crippen molar-refractivity contribution < 1.29 is 19.5 Å². The fourth-order valence-electron chi connectivity index (χ4n) is 0. The Bertz CT molecular complexity index is 23.0. The van der Waals surface area contributed by atoms with Crippen LogP contribution in [-0.2, 0) is 19.5 Å². The van der Waals surface area contributed by atoms with Gasteiger partial charge in [0.05, 0.1) is 0 Å². The minimum Gasteiger partial charge on any atom is -0.0664 e. The Morgan fingerprint density at radius 1 is 0.833 bits per heavy atom. The van der Waals surface area contributed by atoms with Crippen LogP contribution in [-0.4, -0.2) is 3.25 Å². The first-order valence-electron chi connectivity index (χ1n) is 0.756. The Kier molecular flexibility index (Phi) is 6.68. The first-order valence-corrected chi connectivity index (χ1v) is 2.27. The summed E-state index contributed by atoms with van der Waals surface area (Å²) in [7, 11) is 0. The molecule has 0 atom stereocenters. The Morgan fingerprint density at radius 2 is 0.833 bits per heavy atom. The molecule has 6 heavy (non-hydrogen) atoms. The maximum Gasteiger partial charge on any atom is 0.266 e.